The number of nitrogens with zero attached hydrogens (tertiary/aromatic N) is 1. The lowest BCUT2D eigenvalue weighted by molar-refractivity contribution is 0.152. The lowest BCUT2D eigenvalue weighted by atomic mass is 9.92. The van der Waals surface area contributed by atoms with Crippen LogP contribution in [0.4, 0.5) is 0 Å². The van der Waals surface area contributed by atoms with E-state index in [1.165, 1.54) is 32.1 Å². The van der Waals surface area contributed by atoms with E-state index >= 15 is 0 Å². The van der Waals surface area contributed by atoms with Gasteiger partial charge in [0.25, 0.3) is 0 Å². The number of hydrogen-bond donors (Lipinski definition) is 0. The minimum atomic E-state index is 0.970. The molecule has 0 aromatic heterocycles. The molecule has 0 aromatic carbocycles. The second kappa shape index (κ2) is 1.98. The van der Waals surface area contributed by atoms with E-state index in [4.69, 9.17) is 0 Å². The molecule has 0 heterocycles. The lowest BCUT2D eigenvalue weighted by Crippen LogP contribution is -2.38. The van der Waals surface area contributed by atoms with Crippen LogP contribution in [0.5, 0.6) is 0 Å². The van der Waals surface area contributed by atoms with Crippen molar-refractivity contribution >= 4 is 0 Å². The van der Waals surface area contributed by atoms with E-state index in [1.54, 1.807) is 0 Å². The quantitative estimate of drug-likeness (QED) is 0.542. The normalized spacial score (nSPS) is 28.7. The molecule has 0 spiro atoms. The highest BCUT2D eigenvalue weighted by Gasteiger charge is 2.33. The van der Waals surface area contributed by atoms with Gasteiger partial charge in [0, 0.05) is 12.1 Å². The average Bonchev–Trinajstić information content (AvgIpc) is 2.37. The highest BCUT2D eigenvalue weighted by Crippen LogP contribution is 2.33. The van der Waals surface area contributed by atoms with Crippen LogP contribution in [0.2, 0.25) is 0 Å². The molecule has 2 aliphatic carbocycles. The maximum absolute atomic E-state index is 2.59. The van der Waals surface area contributed by atoms with E-state index in [9.17, 15) is 0 Å². The zero-order chi connectivity index (χ0) is 6.27. The maximum Gasteiger partial charge on any atom is 0.00963 e. The predicted octanol–water partition coefficient (Wildman–Crippen LogP) is 1.63. The van der Waals surface area contributed by atoms with E-state index in [1.807, 2.05) is 0 Å². The number of rotatable bonds is 2. The molecule has 0 aliphatic heterocycles. The second-order valence-electron chi connectivity index (χ2n) is 3.48. The summed E-state index contributed by atoms with van der Waals surface area (Å²) in [7, 11) is 2.29. The van der Waals surface area contributed by atoms with Gasteiger partial charge in [0.05, 0.1) is 0 Å². The van der Waals surface area contributed by atoms with E-state index in [2.05, 4.69) is 11.9 Å². The van der Waals surface area contributed by atoms with Crippen molar-refractivity contribution in [2.24, 2.45) is 0 Å². The fourth-order valence-electron chi connectivity index (χ4n) is 1.57. The SMILES string of the molecule is CN(C1CCC1)C1CC1. The van der Waals surface area contributed by atoms with E-state index in [0.717, 1.165) is 12.1 Å². The Balaban J connectivity index is 1.81. The molecule has 0 radical (unpaired) electrons. The van der Waals surface area contributed by atoms with Gasteiger partial charge in [-0.3, -0.25) is 0 Å². The van der Waals surface area contributed by atoms with Crippen molar-refractivity contribution in [3.8, 4) is 0 Å². The van der Waals surface area contributed by atoms with Crippen molar-refractivity contribution in [2.45, 2.75) is 44.2 Å². The molecule has 2 rings (SSSR count). The molecule has 0 amide bonds. The Kier molecular flexibility index (Phi) is 1.26. The molecule has 0 unspecified atom stereocenters. The Hall–Kier alpha value is -0.0400. The van der Waals surface area contributed by atoms with E-state index in [0.29, 0.717) is 0 Å². The maximum atomic E-state index is 2.59. The standard InChI is InChI=1S/C8H15N/c1-9(8-5-6-8)7-3-2-4-7/h7-8H,2-6H2,1H3. The summed E-state index contributed by atoms with van der Waals surface area (Å²) < 4.78 is 0. The highest BCUT2D eigenvalue weighted by atomic mass is 15.2. The molecular formula is C8H15N. The summed E-state index contributed by atoms with van der Waals surface area (Å²) >= 11 is 0. The van der Waals surface area contributed by atoms with Crippen LogP contribution < -0.4 is 0 Å². The van der Waals surface area contributed by atoms with Gasteiger partial charge in [-0.1, -0.05) is 6.42 Å². The largest absolute Gasteiger partial charge is 0.300 e. The van der Waals surface area contributed by atoms with Crippen LogP contribution >= 0.6 is 0 Å². The van der Waals surface area contributed by atoms with Gasteiger partial charge in [-0.05, 0) is 32.7 Å². The van der Waals surface area contributed by atoms with Crippen LogP contribution in [0, 0.1) is 0 Å². The van der Waals surface area contributed by atoms with Gasteiger partial charge in [-0.15, -0.1) is 0 Å². The van der Waals surface area contributed by atoms with Gasteiger partial charge in [-0.25, -0.2) is 0 Å². The summed E-state index contributed by atoms with van der Waals surface area (Å²) in [6.45, 7) is 0. The molecule has 2 aliphatic rings. The Morgan fingerprint density at radius 2 is 1.56 bits per heavy atom. The lowest BCUT2D eigenvalue weighted by Gasteiger charge is -2.34. The minimum Gasteiger partial charge on any atom is -0.300 e. The molecule has 0 bridgehead atoms. The van der Waals surface area contributed by atoms with Gasteiger partial charge in [0.1, 0.15) is 0 Å². The highest BCUT2D eigenvalue weighted by molar-refractivity contribution is 4.89. The van der Waals surface area contributed by atoms with Gasteiger partial charge in [-0.2, -0.15) is 0 Å². The van der Waals surface area contributed by atoms with Crippen molar-refractivity contribution in [3.05, 3.63) is 0 Å². The summed E-state index contributed by atoms with van der Waals surface area (Å²) in [6.07, 6.45) is 7.34. The molecule has 0 aromatic rings. The molecule has 1 nitrogen and oxygen atoms in total. The van der Waals surface area contributed by atoms with Crippen molar-refractivity contribution < 1.29 is 0 Å². The van der Waals surface area contributed by atoms with Crippen LogP contribution in [0.25, 0.3) is 0 Å². The van der Waals surface area contributed by atoms with E-state index in [-0.39, 0.29) is 0 Å². The third kappa shape index (κ3) is 0.983. The van der Waals surface area contributed by atoms with Gasteiger partial charge < -0.3 is 4.90 Å². The monoisotopic (exact) mass is 125 g/mol. The smallest absolute Gasteiger partial charge is 0.00963 e. The Morgan fingerprint density at radius 3 is 1.89 bits per heavy atom. The molecule has 9 heavy (non-hydrogen) atoms. The molecule has 0 saturated heterocycles. The Bertz CT molecular complexity index is 103. The Morgan fingerprint density at radius 1 is 1.00 bits per heavy atom. The third-order valence-electron chi connectivity index (χ3n) is 2.77. The van der Waals surface area contributed by atoms with Crippen molar-refractivity contribution in [1.82, 2.24) is 4.90 Å². The summed E-state index contributed by atoms with van der Waals surface area (Å²) in [4.78, 5) is 2.59. The number of hydrogen-bond acceptors (Lipinski definition) is 1. The zero-order valence-electron chi connectivity index (χ0n) is 6.14. The fourth-order valence-corrected chi connectivity index (χ4v) is 1.57. The van der Waals surface area contributed by atoms with Crippen molar-refractivity contribution in [3.63, 3.8) is 0 Å². The topological polar surface area (TPSA) is 3.24 Å². The van der Waals surface area contributed by atoms with E-state index < -0.39 is 0 Å². The molecule has 1 heteroatoms. The molecule has 2 fully saturated rings. The summed E-state index contributed by atoms with van der Waals surface area (Å²) in [5, 5.41) is 0. The van der Waals surface area contributed by atoms with Crippen molar-refractivity contribution in [2.75, 3.05) is 7.05 Å². The predicted molar refractivity (Wildman–Crippen MR) is 38.4 cm³/mol. The third-order valence-corrected chi connectivity index (χ3v) is 2.77. The first-order valence-electron chi connectivity index (χ1n) is 4.10. The second-order valence-corrected chi connectivity index (χ2v) is 3.48. The van der Waals surface area contributed by atoms with Crippen LogP contribution in [-0.2, 0) is 0 Å². The first-order chi connectivity index (χ1) is 4.38. The summed E-state index contributed by atoms with van der Waals surface area (Å²) in [6, 6.07) is 1.95. The first kappa shape index (κ1) is 5.72. The zero-order valence-corrected chi connectivity index (χ0v) is 6.14. The molecule has 0 atom stereocenters. The van der Waals surface area contributed by atoms with Crippen LogP contribution in [0.3, 0.4) is 0 Å². The van der Waals surface area contributed by atoms with Gasteiger partial charge >= 0.3 is 0 Å². The van der Waals surface area contributed by atoms with Crippen molar-refractivity contribution in [1.29, 1.82) is 0 Å². The summed E-state index contributed by atoms with van der Waals surface area (Å²) in [5.41, 5.74) is 0. The van der Waals surface area contributed by atoms with Gasteiger partial charge in [0.15, 0.2) is 0 Å². The summed E-state index contributed by atoms with van der Waals surface area (Å²) in [5.74, 6) is 0. The Labute approximate surface area is 57.0 Å². The molecular weight excluding hydrogens is 110 g/mol. The van der Waals surface area contributed by atoms with Crippen LogP contribution in [0.1, 0.15) is 32.1 Å². The van der Waals surface area contributed by atoms with Crippen LogP contribution in [0.15, 0.2) is 0 Å². The molecule has 2 saturated carbocycles. The molecule has 52 valence electrons. The molecule has 0 N–H and O–H groups in total. The van der Waals surface area contributed by atoms with Crippen LogP contribution in [-0.4, -0.2) is 24.0 Å². The fraction of sp³-hybridized carbons (Fsp3) is 1.00. The average molecular weight is 125 g/mol. The first-order valence-corrected chi connectivity index (χ1v) is 4.10. The van der Waals surface area contributed by atoms with Gasteiger partial charge in [0.2, 0.25) is 0 Å². The minimum absolute atomic E-state index is 0.970.